The smallest absolute Gasteiger partial charge is 0.254 e. The number of hydrogen-bond acceptors (Lipinski definition) is 2. The topological polar surface area (TPSA) is 45.8 Å². The van der Waals surface area contributed by atoms with E-state index in [0.717, 1.165) is 17.7 Å². The number of nitrogens with zero attached hydrogens (tertiary/aromatic N) is 1. The first kappa shape index (κ1) is 9.19. The van der Waals surface area contributed by atoms with Crippen LogP contribution in [0.25, 0.3) is 5.57 Å². The largest absolute Gasteiger partial charge is 0.311 e. The molecular weight excluding hydrogens is 176 g/mol. The molecule has 1 aliphatic rings. The fourth-order valence-corrected chi connectivity index (χ4v) is 1.86. The van der Waals surface area contributed by atoms with Crippen LogP contribution in [0.5, 0.6) is 0 Å². The van der Waals surface area contributed by atoms with Gasteiger partial charge in [0.25, 0.3) is 5.56 Å². The van der Waals surface area contributed by atoms with Crippen LogP contribution in [0.4, 0.5) is 0 Å². The van der Waals surface area contributed by atoms with Crippen molar-refractivity contribution in [3.05, 3.63) is 33.5 Å². The van der Waals surface area contributed by atoms with Crippen molar-refractivity contribution in [2.24, 2.45) is 5.92 Å². The molecule has 0 unspecified atom stereocenters. The normalized spacial score (nSPS) is 14.4. The molecule has 0 fully saturated rings. The van der Waals surface area contributed by atoms with E-state index in [9.17, 15) is 4.79 Å². The Morgan fingerprint density at radius 2 is 2.21 bits per heavy atom. The first-order valence-corrected chi connectivity index (χ1v) is 4.90. The third-order valence-electron chi connectivity index (χ3n) is 2.56. The Bertz CT molecular complexity index is 455. The minimum Gasteiger partial charge on any atom is -0.311 e. The van der Waals surface area contributed by atoms with Gasteiger partial charge in [0, 0.05) is 5.56 Å². The number of hydrogen-bond donors (Lipinski definition) is 1. The second kappa shape index (κ2) is 3.08. The fourth-order valence-electron chi connectivity index (χ4n) is 1.86. The van der Waals surface area contributed by atoms with Crippen molar-refractivity contribution in [3.63, 3.8) is 0 Å². The molecule has 1 heterocycles. The van der Waals surface area contributed by atoms with Crippen molar-refractivity contribution in [2.45, 2.75) is 27.2 Å². The van der Waals surface area contributed by atoms with Gasteiger partial charge in [0.2, 0.25) is 0 Å². The van der Waals surface area contributed by atoms with Crippen molar-refractivity contribution < 1.29 is 0 Å². The van der Waals surface area contributed by atoms with Crippen LogP contribution in [0.15, 0.2) is 10.9 Å². The molecule has 0 aliphatic heterocycles. The predicted octanol–water partition coefficient (Wildman–Crippen LogP) is 1.67. The number of H-pyrrole nitrogens is 1. The van der Waals surface area contributed by atoms with Crippen molar-refractivity contribution in [2.75, 3.05) is 0 Å². The lowest BCUT2D eigenvalue weighted by Gasteiger charge is -2.08. The summed E-state index contributed by atoms with van der Waals surface area (Å²) in [5.41, 5.74) is 2.94. The van der Waals surface area contributed by atoms with Gasteiger partial charge in [0.05, 0.1) is 5.69 Å². The second-order valence-corrected chi connectivity index (χ2v) is 4.00. The number of rotatable bonds is 1. The van der Waals surface area contributed by atoms with E-state index in [1.54, 1.807) is 0 Å². The van der Waals surface area contributed by atoms with Crippen LogP contribution in [-0.2, 0) is 6.42 Å². The second-order valence-electron chi connectivity index (χ2n) is 4.00. The number of aromatic amines is 1. The molecule has 1 aromatic heterocycles. The van der Waals surface area contributed by atoms with Gasteiger partial charge >= 0.3 is 0 Å². The molecule has 14 heavy (non-hydrogen) atoms. The Morgan fingerprint density at radius 3 is 2.86 bits per heavy atom. The van der Waals surface area contributed by atoms with E-state index in [-0.39, 0.29) is 5.56 Å². The third-order valence-corrected chi connectivity index (χ3v) is 2.56. The number of aromatic nitrogens is 2. The van der Waals surface area contributed by atoms with Crippen molar-refractivity contribution in [1.82, 2.24) is 9.97 Å². The maximum atomic E-state index is 11.6. The summed E-state index contributed by atoms with van der Waals surface area (Å²) in [6, 6.07) is 0. The lowest BCUT2D eigenvalue weighted by Crippen LogP contribution is -2.16. The van der Waals surface area contributed by atoms with Gasteiger partial charge in [-0.15, -0.1) is 0 Å². The summed E-state index contributed by atoms with van der Waals surface area (Å²) < 4.78 is 0. The third kappa shape index (κ3) is 1.29. The molecule has 0 saturated heterocycles. The van der Waals surface area contributed by atoms with Crippen LogP contribution in [-0.4, -0.2) is 9.97 Å². The first-order valence-electron chi connectivity index (χ1n) is 4.90. The van der Waals surface area contributed by atoms with Crippen LogP contribution in [0.1, 0.15) is 30.9 Å². The quantitative estimate of drug-likeness (QED) is 0.732. The average Bonchev–Trinajstić information content (AvgIpc) is 2.47. The zero-order valence-electron chi connectivity index (χ0n) is 8.72. The molecule has 3 nitrogen and oxygen atoms in total. The maximum absolute atomic E-state index is 11.6. The minimum absolute atomic E-state index is 0.0133. The Hall–Kier alpha value is -1.38. The van der Waals surface area contributed by atoms with Crippen LogP contribution < -0.4 is 5.56 Å². The number of fused-ring (bicyclic) bond motifs is 1. The molecule has 1 aliphatic carbocycles. The van der Waals surface area contributed by atoms with Crippen LogP contribution in [0.3, 0.4) is 0 Å². The molecule has 1 aromatic rings. The zero-order valence-corrected chi connectivity index (χ0v) is 8.72. The van der Waals surface area contributed by atoms with E-state index in [1.807, 2.05) is 6.92 Å². The van der Waals surface area contributed by atoms with Gasteiger partial charge in [-0.3, -0.25) is 4.79 Å². The fraction of sp³-hybridized carbons (Fsp3) is 0.455. The van der Waals surface area contributed by atoms with Crippen LogP contribution >= 0.6 is 0 Å². The SMILES string of the molecule is Cc1nc2c(c(=O)[nH]1)CC=C2C(C)C. The molecule has 74 valence electrons. The lowest BCUT2D eigenvalue weighted by atomic mass is 10.0. The molecule has 0 atom stereocenters. The van der Waals surface area contributed by atoms with Gasteiger partial charge in [-0.25, -0.2) is 4.98 Å². The molecule has 3 heteroatoms. The van der Waals surface area contributed by atoms with Crippen LogP contribution in [0.2, 0.25) is 0 Å². The Labute approximate surface area is 82.9 Å². The van der Waals surface area contributed by atoms with Crippen molar-refractivity contribution in [3.8, 4) is 0 Å². The molecule has 0 bridgehead atoms. The molecule has 0 radical (unpaired) electrons. The number of aryl methyl sites for hydroxylation is 1. The molecule has 0 saturated carbocycles. The highest BCUT2D eigenvalue weighted by Crippen LogP contribution is 2.28. The average molecular weight is 190 g/mol. The first-order chi connectivity index (χ1) is 6.59. The molecule has 0 aromatic carbocycles. The molecular formula is C11H14N2O. The van der Waals surface area contributed by atoms with Gasteiger partial charge in [0.1, 0.15) is 5.82 Å². The standard InChI is InChI=1S/C11H14N2O/c1-6(2)8-4-5-9-10(8)12-7(3)13-11(9)14/h4,6H,5H2,1-3H3,(H,12,13,14). The molecule has 2 rings (SSSR count). The molecule has 0 spiro atoms. The zero-order chi connectivity index (χ0) is 10.3. The van der Waals surface area contributed by atoms with Gasteiger partial charge in [-0.05, 0) is 24.8 Å². The van der Waals surface area contributed by atoms with Crippen molar-refractivity contribution >= 4 is 5.57 Å². The highest BCUT2D eigenvalue weighted by molar-refractivity contribution is 5.70. The van der Waals surface area contributed by atoms with Crippen LogP contribution in [0, 0.1) is 12.8 Å². The highest BCUT2D eigenvalue weighted by Gasteiger charge is 2.20. The van der Waals surface area contributed by atoms with E-state index in [2.05, 4.69) is 29.9 Å². The molecule has 1 N–H and O–H groups in total. The monoisotopic (exact) mass is 190 g/mol. The van der Waals surface area contributed by atoms with E-state index in [1.165, 1.54) is 5.57 Å². The summed E-state index contributed by atoms with van der Waals surface area (Å²) in [7, 11) is 0. The van der Waals surface area contributed by atoms with E-state index >= 15 is 0 Å². The maximum Gasteiger partial charge on any atom is 0.254 e. The van der Waals surface area contributed by atoms with E-state index in [0.29, 0.717) is 11.7 Å². The Kier molecular flexibility index (Phi) is 2.02. The Morgan fingerprint density at radius 1 is 1.50 bits per heavy atom. The summed E-state index contributed by atoms with van der Waals surface area (Å²) >= 11 is 0. The van der Waals surface area contributed by atoms with E-state index < -0.39 is 0 Å². The highest BCUT2D eigenvalue weighted by atomic mass is 16.1. The van der Waals surface area contributed by atoms with Gasteiger partial charge < -0.3 is 4.98 Å². The summed E-state index contributed by atoms with van der Waals surface area (Å²) in [5, 5.41) is 0. The minimum atomic E-state index is 0.0133. The number of nitrogens with one attached hydrogen (secondary N) is 1. The summed E-state index contributed by atoms with van der Waals surface area (Å²) in [4.78, 5) is 18.7. The summed E-state index contributed by atoms with van der Waals surface area (Å²) in [5.74, 6) is 1.13. The summed E-state index contributed by atoms with van der Waals surface area (Å²) in [6.45, 7) is 6.07. The lowest BCUT2D eigenvalue weighted by molar-refractivity contribution is 0.845. The summed E-state index contributed by atoms with van der Waals surface area (Å²) in [6.07, 6.45) is 2.84. The van der Waals surface area contributed by atoms with E-state index in [4.69, 9.17) is 0 Å². The molecule has 0 amide bonds. The van der Waals surface area contributed by atoms with Gasteiger partial charge in [-0.2, -0.15) is 0 Å². The van der Waals surface area contributed by atoms with Crippen molar-refractivity contribution in [1.29, 1.82) is 0 Å². The van der Waals surface area contributed by atoms with Gasteiger partial charge in [0.15, 0.2) is 0 Å². The van der Waals surface area contributed by atoms with Gasteiger partial charge in [-0.1, -0.05) is 19.9 Å². The predicted molar refractivity (Wildman–Crippen MR) is 56.1 cm³/mol. The number of allylic oxidation sites excluding steroid dienone is 2. The Balaban J connectivity index is 2.61.